The number of amides is 2. The van der Waals surface area contributed by atoms with Crippen LogP contribution in [0.1, 0.15) is 0 Å². The Hall–Kier alpha value is -3.29. The van der Waals surface area contributed by atoms with Crippen LogP contribution in [0.4, 0.5) is 27.5 Å². The number of nitrogens with two attached hydrogens (primary N) is 2. The summed E-state index contributed by atoms with van der Waals surface area (Å²) < 4.78 is 10.0. The van der Waals surface area contributed by atoms with Gasteiger partial charge < -0.3 is 36.9 Å². The molecule has 2 rings (SSSR count). The van der Waals surface area contributed by atoms with Gasteiger partial charge in [0.25, 0.3) is 0 Å². The Morgan fingerprint density at radius 2 is 1.44 bits per heavy atom. The monoisotopic (exact) mass is 347 g/mol. The molecule has 0 aliphatic carbocycles. The Balaban J connectivity index is 0.000000257. The summed E-state index contributed by atoms with van der Waals surface area (Å²) in [5.74, 6) is 1.28. The van der Waals surface area contributed by atoms with Crippen molar-refractivity contribution in [2.45, 2.75) is 0 Å². The first-order chi connectivity index (χ1) is 11.9. The minimum atomic E-state index is -0.614. The van der Waals surface area contributed by atoms with E-state index in [1.54, 1.807) is 26.3 Å². The van der Waals surface area contributed by atoms with E-state index in [-0.39, 0.29) is 0 Å². The number of primary amides is 1. The number of hydrogen-bond donors (Lipinski definition) is 5. The molecule has 0 aromatic heterocycles. The molecule has 0 saturated heterocycles. The lowest BCUT2D eigenvalue weighted by Crippen LogP contribution is -2.19. The van der Waals surface area contributed by atoms with E-state index in [4.69, 9.17) is 20.9 Å². The Morgan fingerprint density at radius 3 is 1.88 bits per heavy atom. The van der Waals surface area contributed by atoms with Crippen LogP contribution in [0.5, 0.6) is 11.5 Å². The van der Waals surface area contributed by atoms with E-state index in [0.717, 1.165) is 11.4 Å². The lowest BCUT2D eigenvalue weighted by atomic mass is 10.2. The molecule has 0 atom stereocenters. The van der Waals surface area contributed by atoms with E-state index in [1.165, 1.54) is 7.11 Å². The molecule has 0 fully saturated rings. The zero-order valence-electron chi connectivity index (χ0n) is 14.8. The Labute approximate surface area is 147 Å². The highest BCUT2D eigenvalue weighted by Crippen LogP contribution is 2.27. The fourth-order valence-electron chi connectivity index (χ4n) is 1.98. The number of methoxy groups -OCH3 is 2. The fourth-order valence-corrected chi connectivity index (χ4v) is 1.98. The van der Waals surface area contributed by atoms with Crippen LogP contribution in [0.25, 0.3) is 0 Å². The molecule has 0 aliphatic rings. The van der Waals surface area contributed by atoms with E-state index in [0.29, 0.717) is 22.9 Å². The minimum absolute atomic E-state index is 0.548. The SMILES string of the molecule is CNc1ccc(OC)c(N)c1.CNc1ccc(OC)c(NC(N)=O)c1. The first kappa shape index (κ1) is 19.8. The molecule has 25 heavy (non-hydrogen) atoms. The van der Waals surface area contributed by atoms with Gasteiger partial charge in [0.1, 0.15) is 11.5 Å². The number of carbonyl (C=O) groups is 1. The van der Waals surface area contributed by atoms with Crippen LogP contribution in [-0.4, -0.2) is 34.3 Å². The summed E-state index contributed by atoms with van der Waals surface area (Å²) in [6.45, 7) is 0. The molecule has 8 heteroatoms. The summed E-state index contributed by atoms with van der Waals surface area (Å²) in [5, 5.41) is 8.40. The normalized spacial score (nSPS) is 9.28. The van der Waals surface area contributed by atoms with Gasteiger partial charge in [-0.15, -0.1) is 0 Å². The van der Waals surface area contributed by atoms with Crippen LogP contribution in [0, 0.1) is 0 Å². The van der Waals surface area contributed by atoms with Crippen molar-refractivity contribution in [1.82, 2.24) is 0 Å². The number of benzene rings is 2. The molecule has 0 unspecified atom stereocenters. The van der Waals surface area contributed by atoms with Crippen molar-refractivity contribution in [2.75, 3.05) is 50.0 Å². The van der Waals surface area contributed by atoms with Crippen molar-refractivity contribution in [3.05, 3.63) is 36.4 Å². The number of urea groups is 1. The summed E-state index contributed by atoms with van der Waals surface area (Å²) in [4.78, 5) is 10.7. The summed E-state index contributed by atoms with van der Waals surface area (Å²) in [7, 11) is 6.77. The van der Waals surface area contributed by atoms with Gasteiger partial charge in [-0.3, -0.25) is 0 Å². The second-order valence-corrected chi connectivity index (χ2v) is 4.86. The maximum Gasteiger partial charge on any atom is 0.316 e. The average Bonchev–Trinajstić information content (AvgIpc) is 2.61. The van der Waals surface area contributed by atoms with Crippen LogP contribution >= 0.6 is 0 Å². The third kappa shape index (κ3) is 6.02. The highest BCUT2D eigenvalue weighted by atomic mass is 16.5. The van der Waals surface area contributed by atoms with Crippen LogP contribution in [0.2, 0.25) is 0 Å². The molecule has 2 aromatic rings. The molecule has 7 N–H and O–H groups in total. The zero-order chi connectivity index (χ0) is 18.8. The molecule has 0 radical (unpaired) electrons. The van der Waals surface area contributed by atoms with Gasteiger partial charge in [-0.2, -0.15) is 0 Å². The van der Waals surface area contributed by atoms with E-state index in [2.05, 4.69) is 16.0 Å². The van der Waals surface area contributed by atoms with E-state index in [9.17, 15) is 4.79 Å². The van der Waals surface area contributed by atoms with E-state index in [1.807, 2.05) is 31.3 Å². The molecule has 0 bridgehead atoms. The third-order valence-corrected chi connectivity index (χ3v) is 3.26. The Morgan fingerprint density at radius 1 is 0.920 bits per heavy atom. The predicted molar refractivity (Wildman–Crippen MR) is 103 cm³/mol. The molecular weight excluding hydrogens is 322 g/mol. The largest absolute Gasteiger partial charge is 0.495 e. The third-order valence-electron chi connectivity index (χ3n) is 3.26. The molecule has 0 aliphatic heterocycles. The van der Waals surface area contributed by atoms with Gasteiger partial charge in [0.2, 0.25) is 0 Å². The summed E-state index contributed by atoms with van der Waals surface area (Å²) in [5.41, 5.74) is 13.7. The van der Waals surface area contributed by atoms with Crippen molar-refractivity contribution in [1.29, 1.82) is 0 Å². The van der Waals surface area contributed by atoms with Crippen LogP contribution in [-0.2, 0) is 0 Å². The summed E-state index contributed by atoms with van der Waals surface area (Å²) in [6.07, 6.45) is 0. The number of nitrogen functional groups attached to an aromatic ring is 1. The Kier molecular flexibility index (Phi) is 7.71. The van der Waals surface area contributed by atoms with Crippen molar-refractivity contribution >= 4 is 28.8 Å². The smallest absolute Gasteiger partial charge is 0.316 e. The predicted octanol–water partition coefficient (Wildman–Crippen LogP) is 2.55. The highest BCUT2D eigenvalue weighted by Gasteiger charge is 2.05. The van der Waals surface area contributed by atoms with Crippen molar-refractivity contribution in [2.24, 2.45) is 5.73 Å². The quantitative estimate of drug-likeness (QED) is 0.530. The number of ether oxygens (including phenoxy) is 2. The Bertz CT molecular complexity index is 707. The van der Waals surface area contributed by atoms with Gasteiger partial charge in [-0.25, -0.2) is 4.79 Å². The number of nitrogens with one attached hydrogen (secondary N) is 3. The van der Waals surface area contributed by atoms with Gasteiger partial charge in [-0.1, -0.05) is 0 Å². The van der Waals surface area contributed by atoms with Gasteiger partial charge >= 0.3 is 6.03 Å². The van der Waals surface area contributed by atoms with Gasteiger partial charge in [0.05, 0.1) is 25.6 Å². The standard InChI is InChI=1S/C9H13N3O2.C8H12N2O/c1-11-6-3-4-8(14-2)7(5-6)12-9(10)13;1-10-6-3-4-8(11-2)7(9)5-6/h3-5,11H,1-2H3,(H3,10,12,13);3-5,10H,9H2,1-2H3. The summed E-state index contributed by atoms with van der Waals surface area (Å²) in [6, 6.07) is 10.3. The number of hydrogen-bond acceptors (Lipinski definition) is 6. The van der Waals surface area contributed by atoms with Gasteiger partial charge in [-0.05, 0) is 36.4 Å². The van der Waals surface area contributed by atoms with Crippen molar-refractivity contribution < 1.29 is 14.3 Å². The molecular formula is C17H25N5O3. The fraction of sp³-hybridized carbons (Fsp3) is 0.235. The maximum absolute atomic E-state index is 10.7. The molecule has 2 amide bonds. The van der Waals surface area contributed by atoms with Gasteiger partial charge in [0.15, 0.2) is 0 Å². The lowest BCUT2D eigenvalue weighted by Gasteiger charge is -2.10. The lowest BCUT2D eigenvalue weighted by molar-refractivity contribution is 0.259. The minimum Gasteiger partial charge on any atom is -0.495 e. The molecule has 0 saturated carbocycles. The van der Waals surface area contributed by atoms with E-state index < -0.39 is 6.03 Å². The molecule has 8 nitrogen and oxygen atoms in total. The van der Waals surface area contributed by atoms with E-state index >= 15 is 0 Å². The second kappa shape index (κ2) is 9.76. The number of rotatable bonds is 5. The summed E-state index contributed by atoms with van der Waals surface area (Å²) >= 11 is 0. The highest BCUT2D eigenvalue weighted by molar-refractivity contribution is 5.90. The van der Waals surface area contributed by atoms with Crippen LogP contribution in [0.15, 0.2) is 36.4 Å². The molecule has 0 heterocycles. The molecule has 2 aromatic carbocycles. The topological polar surface area (TPSA) is 124 Å². The van der Waals surface area contributed by atoms with Crippen LogP contribution < -0.4 is 36.9 Å². The van der Waals surface area contributed by atoms with Gasteiger partial charge in [0, 0.05) is 25.5 Å². The second-order valence-electron chi connectivity index (χ2n) is 4.86. The van der Waals surface area contributed by atoms with Crippen LogP contribution in [0.3, 0.4) is 0 Å². The first-order valence-corrected chi connectivity index (χ1v) is 7.48. The molecule has 136 valence electrons. The maximum atomic E-state index is 10.7. The molecule has 0 spiro atoms. The average molecular weight is 347 g/mol. The number of anilines is 4. The number of carbonyl (C=O) groups excluding carboxylic acids is 1. The van der Waals surface area contributed by atoms with Crippen molar-refractivity contribution in [3.63, 3.8) is 0 Å². The first-order valence-electron chi connectivity index (χ1n) is 7.48. The van der Waals surface area contributed by atoms with Crippen molar-refractivity contribution in [3.8, 4) is 11.5 Å². The zero-order valence-corrected chi connectivity index (χ0v) is 14.8.